The Morgan fingerprint density at radius 1 is 1.09 bits per heavy atom. The number of rotatable bonds is 7. The molecular weight excluding hydrogens is 453 g/mol. The standard InChI is InChI=1S/C22H22FN3O4S2/c1-15(20(27)16-8-10-18(23)11-9-16)31-22-25-24-21(30-22)17-6-5-7-19(14-17)32(28,29)26-12-3-2-4-13-26/h5-11,14-15H,2-4,12-13H2,1H3/t15-/m1/s1. The summed E-state index contributed by atoms with van der Waals surface area (Å²) in [7, 11) is -3.58. The lowest BCUT2D eigenvalue weighted by Crippen LogP contribution is -2.35. The first-order chi connectivity index (χ1) is 15.3. The highest BCUT2D eigenvalue weighted by molar-refractivity contribution is 8.00. The van der Waals surface area contributed by atoms with Gasteiger partial charge in [-0.05, 0) is 62.2 Å². The first-order valence-electron chi connectivity index (χ1n) is 10.2. The number of benzene rings is 2. The average molecular weight is 476 g/mol. The lowest BCUT2D eigenvalue weighted by molar-refractivity contribution is 0.0993. The highest BCUT2D eigenvalue weighted by atomic mass is 32.2. The zero-order chi connectivity index (χ0) is 22.7. The zero-order valence-electron chi connectivity index (χ0n) is 17.4. The zero-order valence-corrected chi connectivity index (χ0v) is 19.0. The third kappa shape index (κ3) is 4.92. The van der Waals surface area contributed by atoms with Gasteiger partial charge in [-0.3, -0.25) is 4.79 Å². The number of carbonyl (C=O) groups excluding carboxylic acids is 1. The van der Waals surface area contributed by atoms with Gasteiger partial charge in [0, 0.05) is 24.2 Å². The van der Waals surface area contributed by atoms with E-state index in [4.69, 9.17) is 4.42 Å². The van der Waals surface area contributed by atoms with Crippen LogP contribution in [-0.2, 0) is 10.0 Å². The van der Waals surface area contributed by atoms with Gasteiger partial charge < -0.3 is 4.42 Å². The second-order valence-corrected chi connectivity index (χ2v) is 10.7. The summed E-state index contributed by atoms with van der Waals surface area (Å²) in [6.07, 6.45) is 2.76. The molecule has 4 rings (SSSR count). The third-order valence-electron chi connectivity index (χ3n) is 5.22. The van der Waals surface area contributed by atoms with Crippen molar-refractivity contribution in [1.82, 2.24) is 14.5 Å². The first kappa shape index (κ1) is 22.6. The van der Waals surface area contributed by atoms with Crippen LogP contribution in [0, 0.1) is 5.82 Å². The van der Waals surface area contributed by atoms with Crippen molar-refractivity contribution in [2.45, 2.75) is 41.6 Å². The third-order valence-corrected chi connectivity index (χ3v) is 8.04. The lowest BCUT2D eigenvalue weighted by atomic mass is 10.1. The minimum atomic E-state index is -3.58. The van der Waals surface area contributed by atoms with Crippen molar-refractivity contribution in [1.29, 1.82) is 0 Å². The van der Waals surface area contributed by atoms with Crippen molar-refractivity contribution in [3.63, 3.8) is 0 Å². The molecule has 0 aliphatic carbocycles. The molecular formula is C22H22FN3O4S2. The molecule has 1 aromatic heterocycles. The molecule has 0 radical (unpaired) electrons. The highest BCUT2D eigenvalue weighted by Crippen LogP contribution is 2.29. The van der Waals surface area contributed by atoms with Gasteiger partial charge in [-0.2, -0.15) is 4.31 Å². The van der Waals surface area contributed by atoms with E-state index in [0.717, 1.165) is 31.0 Å². The predicted octanol–water partition coefficient (Wildman–Crippen LogP) is 4.41. The van der Waals surface area contributed by atoms with Crippen molar-refractivity contribution in [2.75, 3.05) is 13.1 Å². The van der Waals surface area contributed by atoms with E-state index in [0.29, 0.717) is 24.2 Å². The van der Waals surface area contributed by atoms with E-state index >= 15 is 0 Å². The molecule has 1 saturated heterocycles. The predicted molar refractivity (Wildman–Crippen MR) is 118 cm³/mol. The summed E-state index contributed by atoms with van der Waals surface area (Å²) in [6, 6.07) is 11.8. The number of hydrogen-bond acceptors (Lipinski definition) is 7. The second kappa shape index (κ2) is 9.51. The van der Waals surface area contributed by atoms with Gasteiger partial charge >= 0.3 is 0 Å². The second-order valence-electron chi connectivity index (χ2n) is 7.50. The number of piperidine rings is 1. The monoisotopic (exact) mass is 475 g/mol. The van der Waals surface area contributed by atoms with Crippen LogP contribution in [0.15, 0.2) is 63.1 Å². The van der Waals surface area contributed by atoms with Crippen LogP contribution in [0.4, 0.5) is 4.39 Å². The molecule has 0 spiro atoms. The van der Waals surface area contributed by atoms with Crippen molar-refractivity contribution in [3.8, 4) is 11.5 Å². The Balaban J connectivity index is 1.49. The molecule has 2 heterocycles. The van der Waals surface area contributed by atoms with Gasteiger partial charge in [0.25, 0.3) is 5.22 Å². The van der Waals surface area contributed by atoms with Crippen molar-refractivity contribution in [2.24, 2.45) is 0 Å². The molecule has 7 nitrogen and oxygen atoms in total. The largest absolute Gasteiger partial charge is 0.411 e. The average Bonchev–Trinajstić information content (AvgIpc) is 3.28. The maximum atomic E-state index is 13.1. The Kier molecular flexibility index (Phi) is 6.73. The summed E-state index contributed by atoms with van der Waals surface area (Å²) in [5, 5.41) is 7.65. The smallest absolute Gasteiger partial charge is 0.277 e. The van der Waals surface area contributed by atoms with Crippen LogP contribution in [0.2, 0.25) is 0 Å². The Labute approximate surface area is 190 Å². The van der Waals surface area contributed by atoms with Crippen LogP contribution in [-0.4, -0.2) is 47.0 Å². The normalized spacial score (nSPS) is 16.1. The van der Waals surface area contributed by atoms with E-state index in [2.05, 4.69) is 10.2 Å². The summed E-state index contributed by atoms with van der Waals surface area (Å²) in [5.74, 6) is -0.429. The van der Waals surface area contributed by atoms with Gasteiger partial charge in [-0.1, -0.05) is 24.2 Å². The molecule has 0 unspecified atom stereocenters. The van der Waals surface area contributed by atoms with E-state index in [-0.39, 0.29) is 21.8 Å². The van der Waals surface area contributed by atoms with E-state index in [1.54, 1.807) is 25.1 Å². The molecule has 0 saturated carbocycles. The van der Waals surface area contributed by atoms with E-state index < -0.39 is 21.1 Å². The van der Waals surface area contributed by atoms with E-state index in [9.17, 15) is 17.6 Å². The van der Waals surface area contributed by atoms with Gasteiger partial charge in [-0.25, -0.2) is 12.8 Å². The van der Waals surface area contributed by atoms with Gasteiger partial charge in [-0.15, -0.1) is 10.2 Å². The highest BCUT2D eigenvalue weighted by Gasteiger charge is 2.27. The number of ketones is 1. The number of thioether (sulfide) groups is 1. The number of Topliss-reactive ketones (excluding diaryl/α,β-unsaturated/α-hetero) is 1. The Hall–Kier alpha value is -2.56. The molecule has 0 bridgehead atoms. The summed E-state index contributed by atoms with van der Waals surface area (Å²) < 4.78 is 46.2. The molecule has 10 heteroatoms. The Bertz CT molecular complexity index is 1210. The number of carbonyl (C=O) groups is 1. The maximum absolute atomic E-state index is 13.1. The van der Waals surface area contributed by atoms with Gasteiger partial charge in [0.15, 0.2) is 5.78 Å². The SMILES string of the molecule is C[C@@H](Sc1nnc(-c2cccc(S(=O)(=O)N3CCCCC3)c2)o1)C(=O)c1ccc(F)cc1. The van der Waals surface area contributed by atoms with Crippen LogP contribution < -0.4 is 0 Å². The molecule has 1 aliphatic rings. The molecule has 1 aliphatic heterocycles. The molecule has 2 aromatic carbocycles. The number of nitrogens with zero attached hydrogens (tertiary/aromatic N) is 3. The Morgan fingerprint density at radius 3 is 2.53 bits per heavy atom. The van der Waals surface area contributed by atoms with Crippen molar-refractivity contribution >= 4 is 27.6 Å². The number of halogens is 1. The van der Waals surface area contributed by atoms with Crippen molar-refractivity contribution < 1.29 is 22.0 Å². The fourth-order valence-electron chi connectivity index (χ4n) is 3.47. The van der Waals surface area contributed by atoms with Gasteiger partial charge in [0.05, 0.1) is 10.1 Å². The van der Waals surface area contributed by atoms with Crippen LogP contribution >= 0.6 is 11.8 Å². The fraction of sp³-hybridized carbons (Fsp3) is 0.318. The number of hydrogen-bond donors (Lipinski definition) is 0. The first-order valence-corrected chi connectivity index (χ1v) is 12.6. The maximum Gasteiger partial charge on any atom is 0.277 e. The molecule has 168 valence electrons. The van der Waals surface area contributed by atoms with Gasteiger partial charge in [0.1, 0.15) is 5.82 Å². The number of sulfonamides is 1. The molecule has 0 N–H and O–H groups in total. The van der Waals surface area contributed by atoms with Crippen LogP contribution in [0.1, 0.15) is 36.5 Å². The van der Waals surface area contributed by atoms with Crippen LogP contribution in [0.5, 0.6) is 0 Å². The van der Waals surface area contributed by atoms with E-state index in [1.165, 1.54) is 34.6 Å². The fourth-order valence-corrected chi connectivity index (χ4v) is 5.80. The topological polar surface area (TPSA) is 93.4 Å². The molecule has 0 amide bonds. The molecule has 32 heavy (non-hydrogen) atoms. The number of aromatic nitrogens is 2. The van der Waals surface area contributed by atoms with Crippen LogP contribution in [0.25, 0.3) is 11.5 Å². The summed E-state index contributed by atoms with van der Waals surface area (Å²) in [4.78, 5) is 12.7. The molecule has 3 aromatic rings. The molecule has 1 atom stereocenters. The minimum Gasteiger partial charge on any atom is -0.411 e. The van der Waals surface area contributed by atoms with Gasteiger partial charge in [0.2, 0.25) is 15.9 Å². The quantitative estimate of drug-likeness (QED) is 0.369. The minimum absolute atomic E-state index is 0.171. The lowest BCUT2D eigenvalue weighted by Gasteiger charge is -2.25. The Morgan fingerprint density at radius 2 is 1.81 bits per heavy atom. The van der Waals surface area contributed by atoms with E-state index in [1.807, 2.05) is 0 Å². The van der Waals surface area contributed by atoms with Crippen molar-refractivity contribution in [3.05, 3.63) is 59.9 Å². The summed E-state index contributed by atoms with van der Waals surface area (Å²) in [6.45, 7) is 2.74. The summed E-state index contributed by atoms with van der Waals surface area (Å²) in [5.41, 5.74) is 0.877. The molecule has 1 fully saturated rings. The van der Waals surface area contributed by atoms with Crippen LogP contribution in [0.3, 0.4) is 0 Å². The summed E-state index contributed by atoms with van der Waals surface area (Å²) >= 11 is 1.09.